The molecule has 1 heterocycles. The average Bonchev–Trinajstić information content (AvgIpc) is 2.58. The number of anilines is 2. The first-order valence-electron chi connectivity index (χ1n) is 8.27. The van der Waals surface area contributed by atoms with Gasteiger partial charge in [0.05, 0.1) is 16.6 Å². The van der Waals surface area contributed by atoms with Crippen LogP contribution < -0.4 is 9.62 Å². The molecular formula is C18H19F3N2O2S. The fourth-order valence-corrected chi connectivity index (χ4v) is 5.24. The lowest BCUT2D eigenvalue weighted by atomic mass is 10.0. The number of sulfonamides is 1. The van der Waals surface area contributed by atoms with Crippen molar-refractivity contribution in [2.24, 2.45) is 0 Å². The normalized spacial score (nSPS) is 18.6. The van der Waals surface area contributed by atoms with Gasteiger partial charge in [-0.25, -0.2) is 25.9 Å². The number of halogens is 3. The zero-order valence-electron chi connectivity index (χ0n) is 14.2. The van der Waals surface area contributed by atoms with E-state index in [0.717, 1.165) is 28.6 Å². The molecule has 4 nitrogen and oxygen atoms in total. The van der Waals surface area contributed by atoms with Crippen LogP contribution in [-0.4, -0.2) is 27.3 Å². The number of nitrogens with zero attached hydrogens (tertiary/aromatic N) is 1. The first-order chi connectivity index (χ1) is 12.3. The summed E-state index contributed by atoms with van der Waals surface area (Å²) in [6.07, 6.45) is 1.05. The Hall–Kier alpha value is -2.06. The largest absolute Gasteiger partial charge is 0.320 e. The monoisotopic (exact) mass is 384 g/mol. The van der Waals surface area contributed by atoms with Crippen molar-refractivity contribution in [1.82, 2.24) is 5.32 Å². The molecule has 0 bridgehead atoms. The van der Waals surface area contributed by atoms with Gasteiger partial charge in [0.2, 0.25) is 10.0 Å². The van der Waals surface area contributed by atoms with Crippen molar-refractivity contribution in [3.8, 4) is 0 Å². The molecule has 0 spiro atoms. The Balaban J connectivity index is 2.14. The van der Waals surface area contributed by atoms with E-state index in [4.69, 9.17) is 0 Å². The first kappa shape index (κ1) is 18.7. The van der Waals surface area contributed by atoms with Crippen LogP contribution >= 0.6 is 0 Å². The van der Waals surface area contributed by atoms with Gasteiger partial charge in [0, 0.05) is 6.07 Å². The van der Waals surface area contributed by atoms with Crippen LogP contribution in [0.4, 0.5) is 24.5 Å². The predicted octanol–water partition coefficient (Wildman–Crippen LogP) is 3.50. The van der Waals surface area contributed by atoms with Gasteiger partial charge < -0.3 is 5.32 Å². The summed E-state index contributed by atoms with van der Waals surface area (Å²) in [5, 5.41) is 2.10. The summed E-state index contributed by atoms with van der Waals surface area (Å²) in [6.45, 7) is 0.621. The molecule has 2 aromatic carbocycles. The summed E-state index contributed by atoms with van der Waals surface area (Å²) in [5.74, 6) is -2.12. The van der Waals surface area contributed by atoms with Crippen LogP contribution in [0.5, 0.6) is 0 Å². The summed E-state index contributed by atoms with van der Waals surface area (Å²) in [5.41, 5.74) is 0.217. The number of fused-ring (bicyclic) bond motifs is 1. The fourth-order valence-electron chi connectivity index (χ4n) is 3.22. The molecule has 3 rings (SSSR count). The van der Waals surface area contributed by atoms with E-state index in [-0.39, 0.29) is 12.1 Å². The second-order valence-electron chi connectivity index (χ2n) is 6.25. The molecule has 0 fully saturated rings. The van der Waals surface area contributed by atoms with Gasteiger partial charge in [-0.1, -0.05) is 0 Å². The third-order valence-electron chi connectivity index (χ3n) is 4.46. The highest BCUT2D eigenvalue weighted by Gasteiger charge is 2.40. The smallest absolute Gasteiger partial charge is 0.242 e. The van der Waals surface area contributed by atoms with E-state index in [1.54, 1.807) is 7.05 Å². The van der Waals surface area contributed by atoms with Crippen molar-refractivity contribution < 1.29 is 21.6 Å². The second-order valence-corrected chi connectivity index (χ2v) is 8.31. The van der Waals surface area contributed by atoms with Crippen molar-refractivity contribution in [3.05, 3.63) is 59.4 Å². The van der Waals surface area contributed by atoms with Crippen molar-refractivity contribution >= 4 is 21.4 Å². The second kappa shape index (κ2) is 7.28. The molecule has 1 N–H and O–H groups in total. The zero-order valence-corrected chi connectivity index (χ0v) is 15.0. The molecule has 0 radical (unpaired) electrons. The molecule has 0 saturated heterocycles. The van der Waals surface area contributed by atoms with Gasteiger partial charge in [-0.3, -0.25) is 0 Å². The van der Waals surface area contributed by atoms with E-state index >= 15 is 0 Å². The first-order valence-corrected chi connectivity index (χ1v) is 9.77. The Morgan fingerprint density at radius 3 is 2.50 bits per heavy atom. The quantitative estimate of drug-likeness (QED) is 0.803. The Morgan fingerprint density at radius 2 is 1.77 bits per heavy atom. The highest BCUT2D eigenvalue weighted by atomic mass is 32.2. The maximum absolute atomic E-state index is 14.3. The molecule has 1 aliphatic rings. The molecule has 0 unspecified atom stereocenters. The SMILES string of the molecule is CNCCC[C@H]1Cc2cc(F)ccc2N(c2cc(F)ccc2F)S1(=O)=O. The molecule has 1 aliphatic heterocycles. The molecule has 2 aromatic rings. The van der Waals surface area contributed by atoms with Crippen LogP contribution in [0.2, 0.25) is 0 Å². The number of nitrogens with one attached hydrogen (secondary N) is 1. The zero-order chi connectivity index (χ0) is 18.9. The minimum absolute atomic E-state index is 0.132. The van der Waals surface area contributed by atoms with Crippen molar-refractivity contribution in [2.45, 2.75) is 24.5 Å². The summed E-state index contributed by atoms with van der Waals surface area (Å²) in [7, 11) is -2.23. The van der Waals surface area contributed by atoms with E-state index < -0.39 is 38.4 Å². The van der Waals surface area contributed by atoms with Gasteiger partial charge in [0.25, 0.3) is 0 Å². The standard InChI is InChI=1S/C18H19F3N2O2S/c1-22-8-2-3-15-10-12-9-13(19)5-7-17(12)23(26(15,24)25)18-11-14(20)4-6-16(18)21/h4-7,9,11,15,22H,2-3,8,10H2,1H3/t15-/m0/s1. The van der Waals surface area contributed by atoms with Gasteiger partial charge in [-0.2, -0.15) is 0 Å². The van der Waals surface area contributed by atoms with Crippen molar-refractivity contribution in [3.63, 3.8) is 0 Å². The van der Waals surface area contributed by atoms with Crippen LogP contribution in [0.1, 0.15) is 18.4 Å². The highest BCUT2D eigenvalue weighted by molar-refractivity contribution is 7.93. The van der Waals surface area contributed by atoms with E-state index in [1.807, 2.05) is 0 Å². The lowest BCUT2D eigenvalue weighted by molar-refractivity contribution is 0.550. The van der Waals surface area contributed by atoms with Gasteiger partial charge in [-0.05, 0) is 68.8 Å². The van der Waals surface area contributed by atoms with Crippen LogP contribution in [0.25, 0.3) is 0 Å². The van der Waals surface area contributed by atoms with E-state index in [9.17, 15) is 21.6 Å². The summed E-state index contributed by atoms with van der Waals surface area (Å²) >= 11 is 0. The topological polar surface area (TPSA) is 49.4 Å². The number of benzene rings is 2. The highest BCUT2D eigenvalue weighted by Crippen LogP contribution is 2.41. The molecule has 26 heavy (non-hydrogen) atoms. The third kappa shape index (κ3) is 3.43. The Labute approximate surface area is 150 Å². The molecule has 0 aromatic heterocycles. The Morgan fingerprint density at radius 1 is 1.08 bits per heavy atom. The molecule has 1 atom stereocenters. The van der Waals surface area contributed by atoms with E-state index in [2.05, 4.69) is 5.32 Å². The average molecular weight is 384 g/mol. The van der Waals surface area contributed by atoms with Crippen LogP contribution in [0, 0.1) is 17.5 Å². The molecular weight excluding hydrogens is 365 g/mol. The number of rotatable bonds is 5. The molecule has 8 heteroatoms. The van der Waals surface area contributed by atoms with Crippen molar-refractivity contribution in [2.75, 3.05) is 17.9 Å². The summed E-state index contributed by atoms with van der Waals surface area (Å²) in [6, 6.07) is 6.30. The third-order valence-corrected chi connectivity index (χ3v) is 6.61. The van der Waals surface area contributed by atoms with Crippen LogP contribution in [0.3, 0.4) is 0 Å². The summed E-state index contributed by atoms with van der Waals surface area (Å²) in [4.78, 5) is 0. The Bertz CT molecular complexity index is 919. The Kier molecular flexibility index (Phi) is 5.24. The predicted molar refractivity (Wildman–Crippen MR) is 94.5 cm³/mol. The van der Waals surface area contributed by atoms with Crippen molar-refractivity contribution in [1.29, 1.82) is 0 Å². The van der Waals surface area contributed by atoms with E-state index in [0.29, 0.717) is 24.9 Å². The van der Waals surface area contributed by atoms with Crippen LogP contribution in [0.15, 0.2) is 36.4 Å². The molecule has 0 aliphatic carbocycles. The van der Waals surface area contributed by atoms with Gasteiger partial charge in [0.15, 0.2) is 0 Å². The lowest BCUT2D eigenvalue weighted by Gasteiger charge is -2.35. The minimum atomic E-state index is -3.99. The lowest BCUT2D eigenvalue weighted by Crippen LogP contribution is -2.42. The van der Waals surface area contributed by atoms with Crippen LogP contribution in [-0.2, 0) is 16.4 Å². The maximum Gasteiger partial charge on any atom is 0.242 e. The number of hydrogen-bond donors (Lipinski definition) is 1. The van der Waals surface area contributed by atoms with Gasteiger partial charge in [-0.15, -0.1) is 0 Å². The number of hydrogen-bond acceptors (Lipinski definition) is 3. The molecule has 140 valence electrons. The minimum Gasteiger partial charge on any atom is -0.320 e. The van der Waals surface area contributed by atoms with E-state index in [1.165, 1.54) is 12.1 Å². The van der Waals surface area contributed by atoms with Gasteiger partial charge >= 0.3 is 0 Å². The summed E-state index contributed by atoms with van der Waals surface area (Å²) < 4.78 is 68.8. The fraction of sp³-hybridized carbons (Fsp3) is 0.333. The maximum atomic E-state index is 14.3. The van der Waals surface area contributed by atoms with Gasteiger partial charge in [0.1, 0.15) is 17.5 Å². The molecule has 0 saturated carbocycles. The molecule has 0 amide bonds.